The van der Waals surface area contributed by atoms with Gasteiger partial charge in [0.05, 0.1) is 67.4 Å². The van der Waals surface area contributed by atoms with Crippen LogP contribution in [0.4, 0.5) is 20.2 Å². The van der Waals surface area contributed by atoms with E-state index in [9.17, 15) is 4.39 Å². The Labute approximate surface area is 413 Å². The van der Waals surface area contributed by atoms with Crippen molar-refractivity contribution in [1.82, 2.24) is 29.5 Å². The Morgan fingerprint density at radius 1 is 0.544 bits per heavy atom. The molecule has 2 N–H and O–H groups in total. The van der Waals surface area contributed by atoms with Gasteiger partial charge in [-0.1, -0.05) is 15.9 Å². The summed E-state index contributed by atoms with van der Waals surface area (Å²) < 4.78 is 71.1. The third kappa shape index (κ3) is 8.07. The van der Waals surface area contributed by atoms with Crippen LogP contribution in [0.2, 0.25) is 0 Å². The summed E-state index contributed by atoms with van der Waals surface area (Å²) in [5.74, 6) is 3.81. The van der Waals surface area contributed by atoms with Crippen LogP contribution in [0, 0.1) is 25.5 Å². The number of anilines is 2. The van der Waals surface area contributed by atoms with Crippen molar-refractivity contribution in [3.63, 3.8) is 0 Å². The fraction of sp³-hybridized carbons (Fsp3) is 0.667. The van der Waals surface area contributed by atoms with Gasteiger partial charge < -0.3 is 38.6 Å². The standard InChI is InChI=1S/C21H28BFN4O2.C15H16BrFN4.C12H24B2O4.2H2/c1-11-13(22-28-20(4,5)21(6,7)29-22)10-14(23)15-16(11)27-17(12-8-9-12)25-26-18(27)19(2,3)24-15;1-7-9(16)6-10(17)11-12(7)21-13(8-4-5-8)19-20-14(21)15(2,3)18-11;1-9(2)10(3,4)16-13(15-9)14-17-11(5,6)12(7,8)18-14;;/h10,12,24H,8-9H2,1-7H3;6,8,18H,4-5H2,1-3H3;1-8H3;2*1H. The number of nitrogens with one attached hydrogen (secondary N) is 2. The van der Waals surface area contributed by atoms with Gasteiger partial charge >= 0.3 is 21.1 Å². The highest BCUT2D eigenvalue weighted by Crippen LogP contribution is 2.49. The molecule has 5 aliphatic heterocycles. The zero-order valence-electron chi connectivity index (χ0n) is 43.1. The van der Waals surface area contributed by atoms with Crippen molar-refractivity contribution in [2.24, 2.45) is 0 Å². The molecule has 3 saturated heterocycles. The molecule has 0 amide bonds. The van der Waals surface area contributed by atoms with Crippen LogP contribution in [-0.4, -0.2) is 84.3 Å². The minimum atomic E-state index is -0.626. The zero-order valence-corrected chi connectivity index (χ0v) is 44.7. The van der Waals surface area contributed by atoms with Crippen LogP contribution in [0.25, 0.3) is 11.4 Å². The SMILES string of the molecule is CC1(C)OB(B2OC(C)(C)C(C)(C)O2)OC1(C)C.Cc1c(B2OC(C)(C)C(C)(C)O2)cc(F)c2c1-n1c(C3CC3)nnc1C(C)(C)N2.Cc1c(Br)cc(F)c2c1-n1c(C3CC3)nnc1C(C)(C)N2.[HH].[HH]. The van der Waals surface area contributed by atoms with Crippen LogP contribution >= 0.6 is 15.9 Å². The summed E-state index contributed by atoms with van der Waals surface area (Å²) in [4.78, 5) is 0. The summed E-state index contributed by atoms with van der Waals surface area (Å²) in [6.07, 6.45) is 4.47. The molecule has 68 heavy (non-hydrogen) atoms. The number of aromatic nitrogens is 6. The largest absolute Gasteiger partial charge is 0.495 e. The van der Waals surface area contributed by atoms with E-state index < -0.39 is 43.4 Å². The van der Waals surface area contributed by atoms with E-state index in [4.69, 9.17) is 27.9 Å². The summed E-state index contributed by atoms with van der Waals surface area (Å²) >= 11 is 3.45. The number of nitrogens with zero attached hydrogens (tertiary/aromatic N) is 6. The van der Waals surface area contributed by atoms with E-state index in [2.05, 4.69) is 56.1 Å². The number of hydrogen-bond acceptors (Lipinski definition) is 12. The molecule has 2 aromatic heterocycles. The number of fused-ring (bicyclic) bond motifs is 6. The van der Waals surface area contributed by atoms with E-state index in [1.54, 1.807) is 6.07 Å². The van der Waals surface area contributed by atoms with E-state index in [1.807, 2.05) is 125 Å². The van der Waals surface area contributed by atoms with Gasteiger partial charge in [0.2, 0.25) is 0 Å². The average Bonchev–Trinajstić information content (AvgIpc) is 4.08. The second-order valence-electron chi connectivity index (χ2n) is 23.8. The predicted molar refractivity (Wildman–Crippen MR) is 269 cm³/mol. The lowest BCUT2D eigenvalue weighted by molar-refractivity contribution is 0.00578. The minimum absolute atomic E-state index is 0. The highest BCUT2D eigenvalue weighted by Gasteiger charge is 2.64. The Hall–Kier alpha value is -3.39. The molecule has 0 radical (unpaired) electrons. The highest BCUT2D eigenvalue weighted by molar-refractivity contribution is 9.10. The molecule has 7 heterocycles. The van der Waals surface area contributed by atoms with E-state index in [-0.39, 0.29) is 36.9 Å². The second kappa shape index (κ2) is 15.8. The quantitative estimate of drug-likeness (QED) is 0.188. The summed E-state index contributed by atoms with van der Waals surface area (Å²) in [6, 6.07) is 3.06. The van der Waals surface area contributed by atoms with Gasteiger partial charge in [0.1, 0.15) is 23.3 Å². The molecule has 5 fully saturated rings. The first kappa shape index (κ1) is 49.6. The van der Waals surface area contributed by atoms with Crippen LogP contribution in [0.5, 0.6) is 0 Å². The maximum Gasteiger partial charge on any atom is 0.495 e. The van der Waals surface area contributed by atoms with Crippen LogP contribution in [0.3, 0.4) is 0 Å². The summed E-state index contributed by atoms with van der Waals surface area (Å²) in [5.41, 5.74) is 1.88. The molecule has 0 atom stereocenters. The highest BCUT2D eigenvalue weighted by atomic mass is 79.9. The molecule has 20 heteroatoms. The first-order valence-electron chi connectivity index (χ1n) is 24.1. The van der Waals surface area contributed by atoms with Gasteiger partial charge in [0.15, 0.2) is 11.6 Å². The molecule has 4 aromatic rings. The van der Waals surface area contributed by atoms with Gasteiger partial charge in [-0.3, -0.25) is 9.13 Å². The Kier molecular flexibility index (Phi) is 11.5. The van der Waals surface area contributed by atoms with Crippen molar-refractivity contribution >= 4 is 53.9 Å². The summed E-state index contributed by atoms with van der Waals surface area (Å²) in [7, 11) is -1.58. The third-order valence-corrected chi connectivity index (χ3v) is 16.8. The molecule has 2 aliphatic carbocycles. The molecule has 14 nitrogen and oxygen atoms in total. The number of benzene rings is 2. The molecule has 370 valence electrons. The Morgan fingerprint density at radius 3 is 1.25 bits per heavy atom. The Morgan fingerprint density at radius 2 is 0.882 bits per heavy atom. The fourth-order valence-corrected chi connectivity index (χ4v) is 9.65. The van der Waals surface area contributed by atoms with Gasteiger partial charge in [-0.2, -0.15) is 0 Å². The van der Waals surface area contributed by atoms with Crippen LogP contribution in [0.1, 0.15) is 186 Å². The second-order valence-corrected chi connectivity index (χ2v) is 24.7. The molecule has 2 aromatic carbocycles. The zero-order chi connectivity index (χ0) is 49.9. The number of hydrogen-bond donors (Lipinski definition) is 2. The molecular weight excluding hydrogens is 935 g/mol. The van der Waals surface area contributed by atoms with Gasteiger partial charge in [-0.25, -0.2) is 8.78 Å². The average molecular weight is 1010 g/mol. The molecule has 0 spiro atoms. The Balaban J connectivity index is 0.000000158. The van der Waals surface area contributed by atoms with Crippen molar-refractivity contribution in [2.75, 3.05) is 10.6 Å². The molecule has 7 aliphatic rings. The maximum absolute atomic E-state index is 15.4. The van der Waals surface area contributed by atoms with E-state index in [0.717, 1.165) is 76.0 Å². The predicted octanol–water partition coefficient (Wildman–Crippen LogP) is 10.3. The Bertz CT molecular complexity index is 2630. The van der Waals surface area contributed by atoms with Crippen molar-refractivity contribution in [1.29, 1.82) is 0 Å². The van der Waals surface area contributed by atoms with Crippen molar-refractivity contribution in [3.8, 4) is 11.4 Å². The van der Waals surface area contributed by atoms with Crippen LogP contribution in [0.15, 0.2) is 16.6 Å². The summed E-state index contributed by atoms with van der Waals surface area (Å²) in [6.45, 7) is 36.2. The lowest BCUT2D eigenvalue weighted by atomic mass is 9.49. The number of rotatable bonds is 4. The monoisotopic (exact) mass is 1010 g/mol. The van der Waals surface area contributed by atoms with Gasteiger partial charge in [0.25, 0.3) is 0 Å². The summed E-state index contributed by atoms with van der Waals surface area (Å²) in [5, 5.41) is 24.4. The minimum Gasteiger partial charge on any atom is -0.405 e. The van der Waals surface area contributed by atoms with Crippen LogP contribution in [-0.2, 0) is 39.0 Å². The van der Waals surface area contributed by atoms with Crippen molar-refractivity contribution in [3.05, 3.63) is 62.7 Å². The van der Waals surface area contributed by atoms with Gasteiger partial charge in [-0.05, 0) is 179 Å². The molecule has 11 rings (SSSR count). The van der Waals surface area contributed by atoms with E-state index in [0.29, 0.717) is 28.7 Å². The van der Waals surface area contributed by atoms with Crippen molar-refractivity contribution in [2.45, 2.75) is 207 Å². The molecular formula is C48H72B3BrF2N8O6. The third-order valence-electron chi connectivity index (χ3n) is 16.0. The molecule has 0 unspecified atom stereocenters. The normalized spacial score (nSPS) is 24.3. The smallest absolute Gasteiger partial charge is 0.405 e. The topological polar surface area (TPSA) is 141 Å². The maximum atomic E-state index is 15.4. The van der Waals surface area contributed by atoms with Crippen molar-refractivity contribution < 1.29 is 39.6 Å². The molecule has 0 bridgehead atoms. The fourth-order valence-electron chi connectivity index (χ4n) is 9.26. The van der Waals surface area contributed by atoms with Crippen LogP contribution < -0.4 is 16.1 Å². The van der Waals surface area contributed by atoms with E-state index in [1.165, 1.54) is 6.07 Å². The molecule has 2 saturated carbocycles. The van der Waals surface area contributed by atoms with Gasteiger partial charge in [-0.15, -0.1) is 20.4 Å². The first-order valence-corrected chi connectivity index (χ1v) is 24.9. The lowest BCUT2D eigenvalue weighted by Crippen LogP contribution is -2.41. The number of halogens is 3. The lowest BCUT2D eigenvalue weighted by Gasteiger charge is -2.35. The first-order chi connectivity index (χ1) is 31.2. The van der Waals surface area contributed by atoms with Gasteiger partial charge in [0, 0.05) is 19.2 Å². The van der Waals surface area contributed by atoms with E-state index >= 15 is 4.39 Å².